The summed E-state index contributed by atoms with van der Waals surface area (Å²) >= 11 is 0. The molecular formula is C50H108N4O12S2. The van der Waals surface area contributed by atoms with Crippen molar-refractivity contribution in [3.8, 4) is 0 Å². The summed E-state index contributed by atoms with van der Waals surface area (Å²) in [6.45, 7) is 12.5. The minimum absolute atomic E-state index is 0. The number of unbranched alkanes of at least 4 members (excludes halogenated alkanes) is 28. The Kier molecular flexibility index (Phi) is 52.8. The van der Waals surface area contributed by atoms with Gasteiger partial charge in [-0.05, 0) is 65.2 Å². The fraction of sp³-hybridized carbons (Fsp3) is 0.960. The lowest BCUT2D eigenvalue weighted by Crippen LogP contribution is -2.31. The molecule has 0 fully saturated rings. The maximum atomic E-state index is 11.9. The van der Waals surface area contributed by atoms with Crippen molar-refractivity contribution in [3.05, 3.63) is 0 Å². The van der Waals surface area contributed by atoms with E-state index in [-0.39, 0.29) is 24.1 Å². The van der Waals surface area contributed by atoms with E-state index in [0.29, 0.717) is 64.5 Å². The fourth-order valence-electron chi connectivity index (χ4n) is 7.67. The molecule has 0 rings (SSSR count). The van der Waals surface area contributed by atoms with Gasteiger partial charge >= 0.3 is 0 Å². The lowest BCUT2D eigenvalue weighted by atomic mass is 9.97. The van der Waals surface area contributed by atoms with Crippen molar-refractivity contribution in [3.63, 3.8) is 0 Å². The minimum atomic E-state index is -4.88. The van der Waals surface area contributed by atoms with E-state index in [4.69, 9.17) is 9.78 Å². The van der Waals surface area contributed by atoms with E-state index in [1.54, 1.807) is 13.8 Å². The molecule has 0 aromatic carbocycles. The van der Waals surface area contributed by atoms with E-state index in [9.17, 15) is 35.5 Å². The molecule has 2 unspecified atom stereocenters. The van der Waals surface area contributed by atoms with Crippen LogP contribution >= 0.6 is 0 Å². The first-order chi connectivity index (χ1) is 31.4. The van der Waals surface area contributed by atoms with Crippen LogP contribution in [0.3, 0.4) is 0 Å². The molecule has 0 aromatic rings. The van der Waals surface area contributed by atoms with Crippen molar-refractivity contribution in [1.29, 1.82) is 0 Å². The summed E-state index contributed by atoms with van der Waals surface area (Å²) in [4.78, 5) is 33.5. The van der Waals surface area contributed by atoms with Gasteiger partial charge in [0, 0.05) is 25.9 Å². The van der Waals surface area contributed by atoms with Crippen LogP contribution in [0.4, 0.5) is 0 Å². The Labute approximate surface area is 417 Å². The predicted molar refractivity (Wildman–Crippen MR) is 277 cm³/mol. The molecule has 2 atom stereocenters. The van der Waals surface area contributed by atoms with E-state index in [0.717, 1.165) is 25.7 Å². The van der Waals surface area contributed by atoms with Crippen molar-refractivity contribution < 1.29 is 54.0 Å². The van der Waals surface area contributed by atoms with E-state index in [1.807, 2.05) is 13.8 Å². The Morgan fingerprint density at radius 1 is 0.397 bits per heavy atom. The second kappa shape index (κ2) is 49.1. The van der Waals surface area contributed by atoms with Crippen LogP contribution in [0.5, 0.6) is 0 Å². The minimum Gasteiger partial charge on any atom is -0.724 e. The predicted octanol–water partition coefficient (Wildman–Crippen LogP) is 14.2. The second-order valence-corrected chi connectivity index (χ2v) is 20.9. The van der Waals surface area contributed by atoms with Gasteiger partial charge in [-0.15, -0.1) is 8.67 Å². The molecule has 18 heteroatoms. The Bertz CT molecular complexity index is 1250. The summed E-state index contributed by atoms with van der Waals surface area (Å²) < 4.78 is 71.1. The largest absolute Gasteiger partial charge is 0.724 e. The Balaban J connectivity index is -0.000000585. The zero-order chi connectivity index (χ0) is 49.7. The molecule has 0 aromatic heterocycles. The summed E-state index contributed by atoms with van der Waals surface area (Å²) in [5, 5.41) is 5.77. The van der Waals surface area contributed by atoms with E-state index >= 15 is 0 Å². The van der Waals surface area contributed by atoms with Gasteiger partial charge in [0.25, 0.3) is 0 Å². The van der Waals surface area contributed by atoms with Gasteiger partial charge < -0.3 is 32.0 Å². The van der Waals surface area contributed by atoms with Crippen molar-refractivity contribution in [1.82, 2.24) is 22.9 Å². The third kappa shape index (κ3) is 55.4. The molecular weight excluding hydrogens is 913 g/mol. The molecule has 0 aliphatic heterocycles. The lowest BCUT2D eigenvalue weighted by molar-refractivity contribution is -0.291. The molecule has 0 radical (unpaired) electrons. The Morgan fingerprint density at radius 3 is 0.824 bits per heavy atom. The van der Waals surface area contributed by atoms with Gasteiger partial charge in [0.05, 0.1) is 0 Å². The molecule has 2 amide bonds. The van der Waals surface area contributed by atoms with E-state index in [2.05, 4.69) is 33.1 Å². The first kappa shape index (κ1) is 73.1. The first-order valence-electron chi connectivity index (χ1n) is 26.6. The lowest BCUT2D eigenvalue weighted by Gasteiger charge is -2.27. The highest BCUT2D eigenvalue weighted by atomic mass is 32.3. The molecule has 16 nitrogen and oxygen atoms in total. The molecule has 10 N–H and O–H groups in total. The molecule has 0 saturated heterocycles. The van der Waals surface area contributed by atoms with Crippen molar-refractivity contribution >= 4 is 32.6 Å². The van der Waals surface area contributed by atoms with Gasteiger partial charge in [0.15, 0.2) is 0 Å². The van der Waals surface area contributed by atoms with Gasteiger partial charge in [-0.3, -0.25) is 9.59 Å². The number of nitrogens with one attached hydrogen (secondary N) is 2. The summed E-state index contributed by atoms with van der Waals surface area (Å²) in [6.07, 6.45) is 43.3. The quantitative estimate of drug-likeness (QED) is 0.0146. The highest BCUT2D eigenvalue weighted by molar-refractivity contribution is 7.80. The molecule has 0 bridgehead atoms. The number of hydrogen-bond acceptors (Lipinski definition) is 12. The van der Waals surface area contributed by atoms with Crippen LogP contribution in [-0.4, -0.2) is 62.0 Å². The smallest absolute Gasteiger partial charge is 0.245 e. The second-order valence-electron chi connectivity index (χ2n) is 19.0. The number of amides is 2. The maximum Gasteiger partial charge on any atom is 0.245 e. The van der Waals surface area contributed by atoms with Gasteiger partial charge in [0.2, 0.25) is 32.6 Å². The van der Waals surface area contributed by atoms with Gasteiger partial charge in [-0.25, -0.2) is 26.6 Å². The summed E-state index contributed by atoms with van der Waals surface area (Å²) in [7, 11) is -9.77. The number of rotatable bonds is 48. The molecule has 0 aliphatic rings. The van der Waals surface area contributed by atoms with Crippen LogP contribution < -0.4 is 22.9 Å². The molecule has 68 heavy (non-hydrogen) atoms. The molecule has 0 aliphatic carbocycles. The molecule has 0 saturated carbocycles. The van der Waals surface area contributed by atoms with Crippen LogP contribution in [0.15, 0.2) is 0 Å². The Hall–Kier alpha value is -1.48. The molecule has 0 heterocycles. The SMILES string of the molecule is CCCCCCCCCCCCCCCCCC(=O)NCCCC(C)(CC)OOS(=O)(=O)[O-].CCCCCCCCCCCCCCCCCC(=O)NCCCC(C)(CC)OOS(=O)(=O)[O-].[NH4+].[NH4+]. The first-order valence-corrected chi connectivity index (χ1v) is 29.3. The van der Waals surface area contributed by atoms with Crippen molar-refractivity contribution in [2.24, 2.45) is 0 Å². The zero-order valence-electron chi connectivity index (χ0n) is 45.0. The topological polar surface area (TPSA) is 283 Å². The summed E-state index contributed by atoms with van der Waals surface area (Å²) in [6, 6.07) is 0. The van der Waals surface area contributed by atoms with Crippen LogP contribution in [0.25, 0.3) is 0 Å². The summed E-state index contributed by atoms with van der Waals surface area (Å²) in [5.74, 6) is 0.0874. The third-order valence-electron chi connectivity index (χ3n) is 12.6. The van der Waals surface area contributed by atoms with Crippen LogP contribution in [0.1, 0.15) is 286 Å². The normalized spacial score (nSPS) is 13.3. The van der Waals surface area contributed by atoms with Crippen molar-refractivity contribution in [2.75, 3.05) is 13.1 Å². The zero-order valence-corrected chi connectivity index (χ0v) is 46.6. The van der Waals surface area contributed by atoms with E-state index < -0.39 is 32.0 Å². The monoisotopic (exact) mass is 1020 g/mol. The van der Waals surface area contributed by atoms with E-state index in [1.165, 1.54) is 167 Å². The van der Waals surface area contributed by atoms with Gasteiger partial charge in [-0.1, -0.05) is 207 Å². The average Bonchev–Trinajstić information content (AvgIpc) is 3.27. The standard InChI is InChI=1S/2C25H51NO6S.2H3N/c2*1-4-6-7-8-9-10-11-12-13-14-15-16-17-18-19-21-24(27)26-23-20-22-25(3,5-2)31-32-33(28,29)30;;/h2*4-23H2,1-3H3,(H,26,27)(H,28,29,30);2*1H3. The van der Waals surface area contributed by atoms with Crippen LogP contribution in [0.2, 0.25) is 0 Å². The fourth-order valence-corrected chi connectivity index (χ4v) is 8.17. The maximum absolute atomic E-state index is 11.9. The van der Waals surface area contributed by atoms with Crippen LogP contribution in [0, 0.1) is 0 Å². The number of hydrogen-bond donors (Lipinski definition) is 4. The number of carbonyl (C=O) groups excluding carboxylic acids is 2. The highest BCUT2D eigenvalue weighted by Gasteiger charge is 2.26. The van der Waals surface area contributed by atoms with Gasteiger partial charge in [0.1, 0.15) is 11.2 Å². The molecule has 412 valence electrons. The van der Waals surface area contributed by atoms with Crippen LogP contribution in [-0.2, 0) is 48.8 Å². The molecule has 0 spiro atoms. The third-order valence-corrected chi connectivity index (χ3v) is 13.0. The number of quaternary nitrogens is 2. The van der Waals surface area contributed by atoms with Gasteiger partial charge in [-0.2, -0.15) is 0 Å². The Morgan fingerprint density at radius 2 is 0.618 bits per heavy atom. The number of carbonyl (C=O) groups is 2. The highest BCUT2D eigenvalue weighted by Crippen LogP contribution is 2.24. The summed E-state index contributed by atoms with van der Waals surface area (Å²) in [5.41, 5.74) is -1.76. The van der Waals surface area contributed by atoms with Crippen molar-refractivity contribution in [2.45, 2.75) is 297 Å². The average molecular weight is 1020 g/mol.